The summed E-state index contributed by atoms with van der Waals surface area (Å²) in [5.41, 5.74) is 3.70. The summed E-state index contributed by atoms with van der Waals surface area (Å²) in [5.74, 6) is 2.87. The van der Waals surface area contributed by atoms with Gasteiger partial charge in [-0.15, -0.1) is 0 Å². The molecule has 0 aliphatic carbocycles. The van der Waals surface area contributed by atoms with E-state index in [4.69, 9.17) is 15.2 Å². The fraction of sp³-hybridized carbons (Fsp3) is 0.0638. The minimum atomic E-state index is -0.824. The standard InChI is InChI=1S/C24H16N2O5.C13H13NO.C10H2O6/c1-13-3-7-15(8-4-13)31-16-9-5-14(6-10-16)26-23(29)19-11-17-18(12-20(19)24(26)30)22(28)25(2)21(17)27;1-10-2-6-12(7-3-10)15-13-8-4-11(14)5-9-13;11-7-3-1-4-6(10(14)16-8(4)12)2-5(3)9(13)15-7/h3-12H,1-2H3;2-9H,14H2,1H3;1-2H. The lowest BCUT2D eigenvalue weighted by Crippen LogP contribution is -2.23. The second-order valence-electron chi connectivity index (χ2n) is 14.2. The number of anilines is 1. The van der Waals surface area contributed by atoms with E-state index in [0.717, 1.165) is 44.0 Å². The van der Waals surface area contributed by atoms with Crippen LogP contribution in [0.25, 0.3) is 48.8 Å². The van der Waals surface area contributed by atoms with Gasteiger partial charge in [-0.05, 0) is 111 Å². The van der Waals surface area contributed by atoms with E-state index >= 15 is 0 Å². The number of rotatable bonds is 5. The number of hydrogen-bond acceptors (Lipinski definition) is 13. The van der Waals surface area contributed by atoms with Crippen molar-refractivity contribution >= 4 is 48.8 Å². The Morgan fingerprint density at radius 3 is 1.05 bits per heavy atom. The molecule has 0 radical (unpaired) electrons. The van der Waals surface area contributed by atoms with Crippen LogP contribution in [0.4, 0.5) is 5.69 Å². The predicted molar refractivity (Wildman–Crippen MR) is 234 cm³/mol. The lowest BCUT2D eigenvalue weighted by molar-refractivity contribution is 0.482. The maximum atomic E-state index is 12.9. The summed E-state index contributed by atoms with van der Waals surface area (Å²) in [6.45, 7) is 4.03. The lowest BCUT2D eigenvalue weighted by atomic mass is 10.1. The Balaban J connectivity index is 0.000000143. The number of ether oxygens (including phenoxy) is 2. The summed E-state index contributed by atoms with van der Waals surface area (Å²) < 4.78 is 22.1. The number of aromatic nitrogens is 2. The second kappa shape index (κ2) is 15.8. The average Bonchev–Trinajstić information content (AvgIpc) is 3.88. The van der Waals surface area contributed by atoms with E-state index in [1.807, 2.05) is 86.6 Å². The first kappa shape index (κ1) is 40.1. The molecule has 2 N–H and O–H groups in total. The fourth-order valence-electron chi connectivity index (χ4n) is 6.68. The van der Waals surface area contributed by atoms with Crippen molar-refractivity contribution < 1.29 is 18.3 Å². The van der Waals surface area contributed by atoms with Crippen LogP contribution in [-0.2, 0) is 7.05 Å². The van der Waals surface area contributed by atoms with Gasteiger partial charge in [-0.2, -0.15) is 0 Å². The third-order valence-electron chi connectivity index (χ3n) is 9.99. The van der Waals surface area contributed by atoms with Gasteiger partial charge in [0.05, 0.1) is 48.8 Å². The molecule has 4 aromatic heterocycles. The molecule has 0 bridgehead atoms. The third-order valence-corrected chi connectivity index (χ3v) is 9.99. The molecule has 15 heteroatoms. The van der Waals surface area contributed by atoms with Crippen molar-refractivity contribution in [2.24, 2.45) is 7.05 Å². The van der Waals surface area contributed by atoms with Gasteiger partial charge in [-0.3, -0.25) is 23.7 Å². The van der Waals surface area contributed by atoms with E-state index < -0.39 is 44.7 Å². The van der Waals surface area contributed by atoms with Gasteiger partial charge in [0.15, 0.2) is 0 Å². The van der Waals surface area contributed by atoms with E-state index in [1.165, 1.54) is 24.7 Å². The van der Waals surface area contributed by atoms with Gasteiger partial charge in [0, 0.05) is 12.7 Å². The van der Waals surface area contributed by atoms with Crippen LogP contribution >= 0.6 is 0 Å². The Morgan fingerprint density at radius 2 is 0.694 bits per heavy atom. The predicted octanol–water partition coefficient (Wildman–Crippen LogP) is 5.40. The van der Waals surface area contributed by atoms with Gasteiger partial charge < -0.3 is 24.0 Å². The molecule has 15 nitrogen and oxygen atoms in total. The van der Waals surface area contributed by atoms with Crippen LogP contribution in [0.5, 0.6) is 23.0 Å². The Kier molecular flexibility index (Phi) is 10.2. The molecule has 0 saturated carbocycles. The number of furan rings is 2. The monoisotopic (exact) mass is 829 g/mol. The first-order valence-corrected chi connectivity index (χ1v) is 18.7. The van der Waals surface area contributed by atoms with E-state index in [-0.39, 0.29) is 43.1 Å². The van der Waals surface area contributed by atoms with Crippen LogP contribution in [0.2, 0.25) is 0 Å². The van der Waals surface area contributed by atoms with Crippen molar-refractivity contribution in [1.29, 1.82) is 0 Å². The van der Waals surface area contributed by atoms with Crippen LogP contribution in [0, 0.1) is 13.8 Å². The molecule has 306 valence electrons. The molecule has 10 rings (SSSR count). The Bertz CT molecular complexity index is 3500. The highest BCUT2D eigenvalue weighted by atomic mass is 16.5. The molecular weight excluding hydrogens is 799 g/mol. The normalized spacial score (nSPS) is 11.1. The highest BCUT2D eigenvalue weighted by Crippen LogP contribution is 2.24. The smallest absolute Gasteiger partial charge is 0.346 e. The number of hydrogen-bond donors (Lipinski definition) is 1. The summed E-state index contributed by atoms with van der Waals surface area (Å²) in [7, 11) is 1.37. The third kappa shape index (κ3) is 7.52. The van der Waals surface area contributed by atoms with Gasteiger partial charge in [0.1, 0.15) is 23.0 Å². The largest absolute Gasteiger partial charge is 0.457 e. The van der Waals surface area contributed by atoms with Crippen LogP contribution in [0.15, 0.2) is 169 Å². The van der Waals surface area contributed by atoms with Gasteiger partial charge in [-0.1, -0.05) is 35.4 Å². The highest BCUT2D eigenvalue weighted by molar-refractivity contribution is 5.98. The van der Waals surface area contributed by atoms with Gasteiger partial charge in [-0.25, -0.2) is 23.7 Å². The molecule has 0 atom stereocenters. The van der Waals surface area contributed by atoms with E-state index in [9.17, 15) is 38.4 Å². The minimum Gasteiger partial charge on any atom is -0.457 e. The summed E-state index contributed by atoms with van der Waals surface area (Å²) in [6.07, 6.45) is 0. The lowest BCUT2D eigenvalue weighted by Gasteiger charge is -2.07. The zero-order valence-electron chi connectivity index (χ0n) is 32.9. The van der Waals surface area contributed by atoms with Crippen molar-refractivity contribution in [3.63, 3.8) is 0 Å². The number of nitrogens with zero attached hydrogens (tertiary/aromatic N) is 2. The highest BCUT2D eigenvalue weighted by Gasteiger charge is 2.20. The summed E-state index contributed by atoms with van der Waals surface area (Å²) in [5, 5.41) is 0.421. The van der Waals surface area contributed by atoms with Crippen LogP contribution in [-0.4, -0.2) is 9.13 Å². The summed E-state index contributed by atoms with van der Waals surface area (Å²) >= 11 is 0. The summed E-state index contributed by atoms with van der Waals surface area (Å²) in [6, 6.07) is 34.4. The molecule has 0 saturated heterocycles. The van der Waals surface area contributed by atoms with Gasteiger partial charge in [0.2, 0.25) is 0 Å². The molecule has 6 aromatic carbocycles. The molecule has 4 heterocycles. The molecule has 10 aromatic rings. The molecule has 0 unspecified atom stereocenters. The van der Waals surface area contributed by atoms with E-state index in [1.54, 1.807) is 24.3 Å². The first-order valence-electron chi connectivity index (χ1n) is 18.7. The van der Waals surface area contributed by atoms with Crippen molar-refractivity contribution in [2.75, 3.05) is 5.73 Å². The van der Waals surface area contributed by atoms with Crippen LogP contribution < -0.4 is 59.9 Å². The maximum Gasteiger partial charge on any atom is 0.346 e. The van der Waals surface area contributed by atoms with Crippen molar-refractivity contribution in [2.45, 2.75) is 13.8 Å². The zero-order chi connectivity index (χ0) is 44.0. The minimum absolute atomic E-state index is 0.0181. The number of aryl methyl sites for hydroxylation is 2. The first-order chi connectivity index (χ1) is 29.7. The number of nitrogen functional groups attached to an aromatic ring is 1. The number of nitrogens with two attached hydrogens (primary N) is 1. The molecule has 0 spiro atoms. The quantitative estimate of drug-likeness (QED) is 0.215. The molecule has 62 heavy (non-hydrogen) atoms. The second-order valence-corrected chi connectivity index (χ2v) is 14.2. The van der Waals surface area contributed by atoms with Gasteiger partial charge in [0.25, 0.3) is 22.2 Å². The fourth-order valence-corrected chi connectivity index (χ4v) is 6.68. The van der Waals surface area contributed by atoms with Gasteiger partial charge >= 0.3 is 22.5 Å². The van der Waals surface area contributed by atoms with Crippen LogP contribution in [0.3, 0.4) is 0 Å². The SMILES string of the molecule is Cc1ccc(Oc2ccc(-n3c(=O)c4cc5c(=O)n(C)c(=O)c5cc4c3=O)cc2)cc1.Cc1ccc(Oc2ccc(N)cc2)cc1.O=c1oc(=O)c2cc3c(=O)oc(=O)c3cc12. The Hall–Kier alpha value is -8.72. The zero-order valence-corrected chi connectivity index (χ0v) is 32.9. The number of benzene rings is 6. The molecular formula is C47H31N3O12. The Morgan fingerprint density at radius 1 is 0.403 bits per heavy atom. The maximum absolute atomic E-state index is 12.9. The van der Waals surface area contributed by atoms with Crippen molar-refractivity contribution in [3.8, 4) is 28.7 Å². The van der Waals surface area contributed by atoms with Crippen LogP contribution in [0.1, 0.15) is 11.1 Å². The Labute approximate surface area is 346 Å². The number of fused-ring (bicyclic) bond motifs is 4. The summed E-state index contributed by atoms with van der Waals surface area (Å²) in [4.78, 5) is 95.1. The average molecular weight is 830 g/mol. The molecule has 0 aliphatic rings. The molecule has 0 amide bonds. The van der Waals surface area contributed by atoms with E-state index in [0.29, 0.717) is 17.2 Å². The molecule has 0 aliphatic heterocycles. The van der Waals surface area contributed by atoms with Crippen molar-refractivity contribution in [1.82, 2.24) is 9.13 Å². The topological polar surface area (TPSA) is 217 Å². The van der Waals surface area contributed by atoms with Crippen molar-refractivity contribution in [3.05, 3.63) is 216 Å². The van der Waals surface area contributed by atoms with E-state index in [2.05, 4.69) is 8.83 Å². The molecule has 0 fully saturated rings.